The average Bonchev–Trinajstić information content (AvgIpc) is 3.15. The third-order valence-corrected chi connectivity index (χ3v) is 4.75. The lowest BCUT2D eigenvalue weighted by Gasteiger charge is -2.24. The molecule has 0 saturated carbocycles. The van der Waals surface area contributed by atoms with Crippen LogP contribution in [-0.2, 0) is 24.9 Å². The molecule has 0 N–H and O–H groups in total. The molecular weight excluding hydrogens is 306 g/mol. The summed E-state index contributed by atoms with van der Waals surface area (Å²) < 4.78 is 7.55. The number of ether oxygens (including phenoxy) is 1. The summed E-state index contributed by atoms with van der Waals surface area (Å²) >= 11 is 7.98. The van der Waals surface area contributed by atoms with Crippen molar-refractivity contribution < 1.29 is 4.74 Å². The number of halogens is 1. The van der Waals surface area contributed by atoms with Crippen molar-refractivity contribution in [3.63, 3.8) is 0 Å². The minimum absolute atomic E-state index is 0.339. The predicted molar refractivity (Wildman–Crippen MR) is 85.6 cm³/mol. The van der Waals surface area contributed by atoms with E-state index in [1.165, 1.54) is 12.0 Å². The van der Waals surface area contributed by atoms with Gasteiger partial charge in [-0.15, -0.1) is 0 Å². The zero-order chi connectivity index (χ0) is 14.7. The Morgan fingerprint density at radius 2 is 2.43 bits per heavy atom. The molecule has 1 saturated heterocycles. The van der Waals surface area contributed by atoms with E-state index in [1.807, 2.05) is 13.2 Å². The average molecular weight is 326 g/mol. The summed E-state index contributed by atoms with van der Waals surface area (Å²) in [6, 6.07) is 2.17. The van der Waals surface area contributed by atoms with Gasteiger partial charge in [0.05, 0.1) is 16.8 Å². The number of rotatable bonds is 6. The Kier molecular flexibility index (Phi) is 4.95. The van der Waals surface area contributed by atoms with Crippen LogP contribution in [0.1, 0.15) is 24.1 Å². The summed E-state index contributed by atoms with van der Waals surface area (Å²) in [5.74, 6) is 0. The van der Waals surface area contributed by atoms with Crippen LogP contribution in [0, 0.1) is 0 Å². The second-order valence-corrected chi connectivity index (χ2v) is 6.72. The predicted octanol–water partition coefficient (Wildman–Crippen LogP) is 3.32. The maximum Gasteiger partial charge on any atom is 0.0950 e. The molecule has 0 aliphatic carbocycles. The lowest BCUT2D eigenvalue weighted by Crippen LogP contribution is -2.31. The van der Waals surface area contributed by atoms with Gasteiger partial charge in [0.25, 0.3) is 0 Å². The van der Waals surface area contributed by atoms with Crippen LogP contribution < -0.4 is 0 Å². The van der Waals surface area contributed by atoms with E-state index >= 15 is 0 Å². The van der Waals surface area contributed by atoms with Gasteiger partial charge in [0.2, 0.25) is 0 Å². The molecule has 1 aliphatic heterocycles. The number of thiophene rings is 1. The van der Waals surface area contributed by atoms with Crippen LogP contribution in [0.2, 0.25) is 5.02 Å². The summed E-state index contributed by atoms with van der Waals surface area (Å²) in [7, 11) is 1.90. The molecule has 0 radical (unpaired) electrons. The Labute approximate surface area is 134 Å². The maximum absolute atomic E-state index is 6.25. The van der Waals surface area contributed by atoms with Gasteiger partial charge >= 0.3 is 0 Å². The fraction of sp³-hybridized carbons (Fsp3) is 0.533. The molecule has 21 heavy (non-hydrogen) atoms. The fourth-order valence-corrected chi connectivity index (χ4v) is 3.63. The molecule has 3 rings (SSSR count). The lowest BCUT2D eigenvalue weighted by molar-refractivity contribution is 0.0675. The molecule has 0 unspecified atom stereocenters. The Morgan fingerprint density at radius 3 is 3.05 bits per heavy atom. The molecule has 3 heterocycles. The molecule has 0 spiro atoms. The zero-order valence-electron chi connectivity index (χ0n) is 12.2. The number of aryl methyl sites for hydroxylation is 1. The lowest BCUT2D eigenvalue weighted by atomic mass is 10.2. The smallest absolute Gasteiger partial charge is 0.0950 e. The second kappa shape index (κ2) is 6.92. The first-order valence-electron chi connectivity index (χ1n) is 7.24. The van der Waals surface area contributed by atoms with Crippen LogP contribution in [0.4, 0.5) is 0 Å². The van der Waals surface area contributed by atoms with Gasteiger partial charge in [0, 0.05) is 39.5 Å². The summed E-state index contributed by atoms with van der Waals surface area (Å²) in [6.07, 6.45) is 4.51. The Balaban J connectivity index is 1.69. The van der Waals surface area contributed by atoms with E-state index in [2.05, 4.69) is 26.8 Å². The van der Waals surface area contributed by atoms with Crippen molar-refractivity contribution in [1.82, 2.24) is 14.7 Å². The van der Waals surface area contributed by atoms with E-state index < -0.39 is 0 Å². The van der Waals surface area contributed by atoms with Gasteiger partial charge in [-0.25, -0.2) is 0 Å². The van der Waals surface area contributed by atoms with Gasteiger partial charge < -0.3 is 4.74 Å². The first kappa shape index (κ1) is 15.0. The first-order valence-corrected chi connectivity index (χ1v) is 8.56. The largest absolute Gasteiger partial charge is 0.377 e. The summed E-state index contributed by atoms with van der Waals surface area (Å²) in [4.78, 5) is 2.38. The molecule has 2 aromatic heterocycles. The molecule has 114 valence electrons. The van der Waals surface area contributed by atoms with Gasteiger partial charge in [-0.3, -0.25) is 9.58 Å². The Bertz CT molecular complexity index is 563. The van der Waals surface area contributed by atoms with Gasteiger partial charge in [-0.05, 0) is 35.2 Å². The van der Waals surface area contributed by atoms with Crippen molar-refractivity contribution >= 4 is 22.9 Å². The highest BCUT2D eigenvalue weighted by atomic mass is 35.5. The Morgan fingerprint density at radius 1 is 1.52 bits per heavy atom. The van der Waals surface area contributed by atoms with Crippen molar-refractivity contribution in [2.75, 3.05) is 13.2 Å². The monoisotopic (exact) mass is 325 g/mol. The van der Waals surface area contributed by atoms with Crippen LogP contribution in [0.5, 0.6) is 0 Å². The third-order valence-electron chi connectivity index (χ3n) is 3.70. The van der Waals surface area contributed by atoms with Crippen LogP contribution in [-0.4, -0.2) is 33.9 Å². The normalized spacial score (nSPS) is 18.7. The van der Waals surface area contributed by atoms with Crippen molar-refractivity contribution in [3.8, 4) is 0 Å². The Hall–Kier alpha value is -0.880. The highest BCUT2D eigenvalue weighted by Crippen LogP contribution is 2.20. The van der Waals surface area contributed by atoms with Crippen LogP contribution in [0.3, 0.4) is 0 Å². The van der Waals surface area contributed by atoms with Gasteiger partial charge in [-0.2, -0.15) is 16.4 Å². The first-order chi connectivity index (χ1) is 10.2. The minimum Gasteiger partial charge on any atom is -0.377 e. The van der Waals surface area contributed by atoms with E-state index in [9.17, 15) is 0 Å². The molecule has 0 amide bonds. The number of nitrogens with zero attached hydrogens (tertiary/aromatic N) is 3. The van der Waals surface area contributed by atoms with Crippen molar-refractivity contribution in [2.45, 2.75) is 32.0 Å². The maximum atomic E-state index is 6.25. The van der Waals surface area contributed by atoms with Crippen LogP contribution in [0.15, 0.2) is 23.0 Å². The van der Waals surface area contributed by atoms with Crippen molar-refractivity contribution in [2.24, 2.45) is 7.05 Å². The molecule has 1 aliphatic rings. The van der Waals surface area contributed by atoms with Gasteiger partial charge in [0.1, 0.15) is 0 Å². The quantitative estimate of drug-likeness (QED) is 0.816. The van der Waals surface area contributed by atoms with Crippen molar-refractivity contribution in [3.05, 3.63) is 39.3 Å². The molecular formula is C15H20ClN3OS. The van der Waals surface area contributed by atoms with Crippen LogP contribution in [0.25, 0.3) is 0 Å². The van der Waals surface area contributed by atoms with E-state index in [4.69, 9.17) is 16.3 Å². The molecule has 0 aromatic carbocycles. The van der Waals surface area contributed by atoms with E-state index in [1.54, 1.807) is 16.0 Å². The van der Waals surface area contributed by atoms with E-state index in [0.717, 1.165) is 43.4 Å². The van der Waals surface area contributed by atoms with Crippen LogP contribution >= 0.6 is 22.9 Å². The highest BCUT2D eigenvalue weighted by Gasteiger charge is 2.21. The second-order valence-electron chi connectivity index (χ2n) is 5.53. The molecule has 2 aromatic rings. The highest BCUT2D eigenvalue weighted by molar-refractivity contribution is 7.07. The standard InChI is InChI=1S/C15H20ClN3OS/c1-18-9-14(16)15(17-18)10-19(7-12-4-6-21-11-12)8-13-3-2-5-20-13/h4,6,9,11,13H,2-3,5,7-8,10H2,1H3/t13-/m1/s1. The zero-order valence-corrected chi connectivity index (χ0v) is 13.7. The summed E-state index contributed by atoms with van der Waals surface area (Å²) in [5.41, 5.74) is 2.28. The molecule has 1 atom stereocenters. The van der Waals surface area contributed by atoms with Gasteiger partial charge in [-0.1, -0.05) is 11.6 Å². The fourth-order valence-electron chi connectivity index (χ4n) is 2.73. The van der Waals surface area contributed by atoms with E-state index in [-0.39, 0.29) is 0 Å². The minimum atomic E-state index is 0.339. The number of hydrogen-bond donors (Lipinski definition) is 0. The summed E-state index contributed by atoms with van der Waals surface area (Å²) in [5, 5.41) is 9.51. The number of hydrogen-bond acceptors (Lipinski definition) is 4. The van der Waals surface area contributed by atoms with Gasteiger partial charge in [0.15, 0.2) is 0 Å². The van der Waals surface area contributed by atoms with E-state index in [0.29, 0.717) is 6.10 Å². The molecule has 0 bridgehead atoms. The number of aromatic nitrogens is 2. The molecule has 4 nitrogen and oxygen atoms in total. The molecule has 6 heteroatoms. The topological polar surface area (TPSA) is 30.3 Å². The molecule has 1 fully saturated rings. The SMILES string of the molecule is Cn1cc(Cl)c(CN(Cc2ccsc2)C[C@H]2CCCO2)n1. The summed E-state index contributed by atoms with van der Waals surface area (Å²) in [6.45, 7) is 3.50. The third kappa shape index (κ3) is 4.07. The van der Waals surface area contributed by atoms with Crippen molar-refractivity contribution in [1.29, 1.82) is 0 Å².